The van der Waals surface area contributed by atoms with Gasteiger partial charge in [-0.05, 0) is 31.8 Å². The molecule has 0 spiro atoms. The summed E-state index contributed by atoms with van der Waals surface area (Å²) in [5, 5.41) is 3.39. The maximum atomic E-state index is 11.7. The van der Waals surface area contributed by atoms with Crippen molar-refractivity contribution in [1.29, 1.82) is 0 Å². The first-order valence-electron chi connectivity index (χ1n) is 5.38. The number of nitrogens with one attached hydrogen (secondary N) is 1. The van der Waals surface area contributed by atoms with Gasteiger partial charge < -0.3 is 10.2 Å². The first-order chi connectivity index (χ1) is 6.74. The third-order valence-electron chi connectivity index (χ3n) is 3.53. The highest BCUT2D eigenvalue weighted by Gasteiger charge is 2.42. The molecule has 2 rings (SSSR count). The zero-order valence-electron chi connectivity index (χ0n) is 8.86. The summed E-state index contributed by atoms with van der Waals surface area (Å²) in [4.78, 5) is 13.7. The highest BCUT2D eigenvalue weighted by atomic mass is 16.2. The molecule has 0 radical (unpaired) electrons. The molecule has 2 aliphatic rings. The molecule has 0 aliphatic carbocycles. The molecule has 0 aromatic carbocycles. The predicted molar refractivity (Wildman–Crippen MR) is 55.8 cm³/mol. The van der Waals surface area contributed by atoms with Gasteiger partial charge in [-0.25, -0.2) is 0 Å². The summed E-state index contributed by atoms with van der Waals surface area (Å²) in [6, 6.07) is 0.402. The Bertz CT molecular complexity index is 262. The average Bonchev–Trinajstić information content (AvgIpc) is 2.69. The van der Waals surface area contributed by atoms with E-state index in [0.29, 0.717) is 17.9 Å². The van der Waals surface area contributed by atoms with Crippen molar-refractivity contribution in [1.82, 2.24) is 10.2 Å². The van der Waals surface area contributed by atoms with Gasteiger partial charge >= 0.3 is 0 Å². The van der Waals surface area contributed by atoms with E-state index in [4.69, 9.17) is 0 Å². The lowest BCUT2D eigenvalue weighted by Gasteiger charge is -2.23. The third-order valence-corrected chi connectivity index (χ3v) is 3.53. The number of hydrogen-bond donors (Lipinski definition) is 1. The van der Waals surface area contributed by atoms with Gasteiger partial charge in [-0.3, -0.25) is 4.79 Å². The first kappa shape index (κ1) is 9.71. The fourth-order valence-corrected chi connectivity index (χ4v) is 2.70. The van der Waals surface area contributed by atoms with Crippen molar-refractivity contribution in [3.05, 3.63) is 12.2 Å². The van der Waals surface area contributed by atoms with Crippen molar-refractivity contribution < 1.29 is 4.79 Å². The Hall–Kier alpha value is -0.830. The van der Waals surface area contributed by atoms with E-state index < -0.39 is 0 Å². The van der Waals surface area contributed by atoms with Crippen LogP contribution in [0.1, 0.15) is 13.8 Å². The molecule has 3 atom stereocenters. The number of fused-ring (bicyclic) bond motifs is 1. The zero-order valence-corrected chi connectivity index (χ0v) is 8.86. The quantitative estimate of drug-likeness (QED) is 0.621. The topological polar surface area (TPSA) is 32.3 Å². The van der Waals surface area contributed by atoms with E-state index in [-0.39, 0.29) is 5.91 Å². The van der Waals surface area contributed by atoms with Gasteiger partial charge in [-0.15, -0.1) is 0 Å². The van der Waals surface area contributed by atoms with Crippen LogP contribution in [0.2, 0.25) is 0 Å². The van der Waals surface area contributed by atoms with Crippen LogP contribution in [0.5, 0.6) is 0 Å². The molecule has 3 heteroatoms. The summed E-state index contributed by atoms with van der Waals surface area (Å²) < 4.78 is 0. The normalized spacial score (nSPS) is 36.7. The minimum absolute atomic E-state index is 0.175. The van der Waals surface area contributed by atoms with Crippen LogP contribution in [0.3, 0.4) is 0 Å². The van der Waals surface area contributed by atoms with Gasteiger partial charge in [0.25, 0.3) is 0 Å². The highest BCUT2D eigenvalue weighted by molar-refractivity contribution is 5.88. The van der Waals surface area contributed by atoms with Crippen molar-refractivity contribution in [2.45, 2.75) is 19.9 Å². The molecule has 0 aromatic heterocycles. The van der Waals surface area contributed by atoms with Crippen LogP contribution in [-0.2, 0) is 4.79 Å². The maximum absolute atomic E-state index is 11.7. The second-order valence-corrected chi connectivity index (χ2v) is 4.31. The Kier molecular flexibility index (Phi) is 2.59. The second kappa shape index (κ2) is 3.73. The van der Waals surface area contributed by atoms with E-state index in [1.54, 1.807) is 6.08 Å². The van der Waals surface area contributed by atoms with E-state index in [2.05, 4.69) is 12.2 Å². The van der Waals surface area contributed by atoms with Crippen LogP contribution >= 0.6 is 0 Å². The number of rotatable bonds is 1. The fraction of sp³-hybridized carbons (Fsp3) is 0.727. The minimum atomic E-state index is 0.175. The molecule has 0 bridgehead atoms. The highest BCUT2D eigenvalue weighted by Crippen LogP contribution is 2.32. The van der Waals surface area contributed by atoms with Gasteiger partial charge in [0.05, 0.1) is 0 Å². The van der Waals surface area contributed by atoms with E-state index in [1.165, 1.54) is 0 Å². The first-order valence-corrected chi connectivity index (χ1v) is 5.38. The van der Waals surface area contributed by atoms with Crippen molar-refractivity contribution in [3.63, 3.8) is 0 Å². The molecule has 0 saturated carbocycles. The van der Waals surface area contributed by atoms with Crippen LogP contribution < -0.4 is 5.32 Å². The molecule has 2 heterocycles. The van der Waals surface area contributed by atoms with Crippen LogP contribution in [0.25, 0.3) is 0 Å². The van der Waals surface area contributed by atoms with Gasteiger partial charge in [0, 0.05) is 25.7 Å². The minimum Gasteiger partial charge on any atom is -0.336 e. The lowest BCUT2D eigenvalue weighted by atomic mass is 9.95. The monoisotopic (exact) mass is 194 g/mol. The molecule has 2 aliphatic heterocycles. The third kappa shape index (κ3) is 1.46. The molecule has 14 heavy (non-hydrogen) atoms. The lowest BCUT2D eigenvalue weighted by Crippen LogP contribution is -2.37. The molecule has 1 amide bonds. The van der Waals surface area contributed by atoms with Crippen molar-refractivity contribution >= 4 is 5.91 Å². The summed E-state index contributed by atoms with van der Waals surface area (Å²) in [5.74, 6) is 1.53. The molecule has 3 nitrogen and oxygen atoms in total. The number of nitrogens with zero attached hydrogens (tertiary/aromatic N) is 1. The summed E-state index contributed by atoms with van der Waals surface area (Å²) in [7, 11) is 0. The van der Waals surface area contributed by atoms with Crippen LogP contribution in [0, 0.1) is 11.8 Å². The summed E-state index contributed by atoms with van der Waals surface area (Å²) in [5.41, 5.74) is 0. The van der Waals surface area contributed by atoms with Crippen LogP contribution in [0.4, 0.5) is 0 Å². The molecule has 2 fully saturated rings. The SMILES string of the molecule is CC=CC(=O)N1CC2CNCC2C1C. The molecule has 0 aromatic rings. The number of carbonyl (C=O) groups is 1. The summed E-state index contributed by atoms with van der Waals surface area (Å²) >= 11 is 0. The smallest absolute Gasteiger partial charge is 0.246 e. The van der Waals surface area contributed by atoms with E-state index in [0.717, 1.165) is 19.6 Å². The van der Waals surface area contributed by atoms with Crippen molar-refractivity contribution in [2.75, 3.05) is 19.6 Å². The molecule has 1 N–H and O–H groups in total. The average molecular weight is 194 g/mol. The van der Waals surface area contributed by atoms with E-state index in [1.807, 2.05) is 17.9 Å². The molecule has 78 valence electrons. The summed E-state index contributed by atoms with van der Waals surface area (Å²) in [6.45, 7) is 7.14. The Balaban J connectivity index is 2.06. The lowest BCUT2D eigenvalue weighted by molar-refractivity contribution is -0.126. The van der Waals surface area contributed by atoms with E-state index >= 15 is 0 Å². The number of allylic oxidation sites excluding steroid dienone is 1. The Morgan fingerprint density at radius 2 is 2.29 bits per heavy atom. The molecular formula is C11H18N2O. The molecule has 3 unspecified atom stereocenters. The van der Waals surface area contributed by atoms with Gasteiger partial charge in [-0.1, -0.05) is 6.08 Å². The fourth-order valence-electron chi connectivity index (χ4n) is 2.70. The summed E-state index contributed by atoms with van der Waals surface area (Å²) in [6.07, 6.45) is 3.49. The number of amides is 1. The predicted octanol–water partition coefficient (Wildman–Crippen LogP) is 0.629. The molecular weight excluding hydrogens is 176 g/mol. The number of hydrogen-bond acceptors (Lipinski definition) is 2. The number of likely N-dealkylation sites (tertiary alicyclic amines) is 1. The van der Waals surface area contributed by atoms with Crippen LogP contribution in [0.15, 0.2) is 12.2 Å². The van der Waals surface area contributed by atoms with Gasteiger partial charge in [0.2, 0.25) is 5.91 Å². The van der Waals surface area contributed by atoms with Gasteiger partial charge in [0.1, 0.15) is 0 Å². The van der Waals surface area contributed by atoms with Gasteiger partial charge in [-0.2, -0.15) is 0 Å². The Morgan fingerprint density at radius 1 is 1.50 bits per heavy atom. The largest absolute Gasteiger partial charge is 0.336 e. The second-order valence-electron chi connectivity index (χ2n) is 4.31. The molecule has 2 saturated heterocycles. The zero-order chi connectivity index (χ0) is 10.1. The van der Waals surface area contributed by atoms with E-state index in [9.17, 15) is 4.79 Å². The van der Waals surface area contributed by atoms with Gasteiger partial charge in [0.15, 0.2) is 0 Å². The standard InChI is InChI=1S/C11H18N2O/c1-3-4-11(14)13-7-9-5-12-6-10(9)8(13)2/h3-4,8-10,12H,5-7H2,1-2H3. The Morgan fingerprint density at radius 3 is 2.93 bits per heavy atom. The van der Waals surface area contributed by atoms with Crippen molar-refractivity contribution in [2.24, 2.45) is 11.8 Å². The maximum Gasteiger partial charge on any atom is 0.246 e. The van der Waals surface area contributed by atoms with Crippen molar-refractivity contribution in [3.8, 4) is 0 Å². The van der Waals surface area contributed by atoms with Crippen LogP contribution in [-0.4, -0.2) is 36.5 Å². The number of carbonyl (C=O) groups excluding carboxylic acids is 1. The Labute approximate surface area is 85.2 Å².